The van der Waals surface area contributed by atoms with Gasteiger partial charge < -0.3 is 23.7 Å². The first-order valence-corrected chi connectivity index (χ1v) is 12.6. The molecule has 1 fully saturated rings. The minimum Gasteiger partial charge on any atom is -0.463 e. The second-order valence-corrected chi connectivity index (χ2v) is 10.5. The number of thiol groups is 1. The summed E-state index contributed by atoms with van der Waals surface area (Å²) >= 11 is 4.18. The standard InChI is InChI=1S/C14H20O9S.C6H15P.Au/c1-6(15)19-5-10-11(20-7(2)16)12(21-8(3)17)13(14(24)23-10)22-9(4)18;1-4-7(5-2)6-3;/h10-14,24H,5H2,1-4H3;4-6H2,1-3H3;/q;;+3/t10-,11+,12+,13-,14+;;/m1../s1. The van der Waals surface area contributed by atoms with Crippen LogP contribution in [-0.2, 0) is 65.2 Å². The molecule has 1 heterocycles. The molecule has 0 amide bonds. The molecule has 9 nitrogen and oxygen atoms in total. The van der Waals surface area contributed by atoms with Crippen molar-refractivity contribution in [1.82, 2.24) is 0 Å². The van der Waals surface area contributed by atoms with Crippen LogP contribution in [0.1, 0.15) is 48.5 Å². The van der Waals surface area contributed by atoms with E-state index in [1.54, 1.807) is 0 Å². The summed E-state index contributed by atoms with van der Waals surface area (Å²) in [5.74, 6) is -2.57. The summed E-state index contributed by atoms with van der Waals surface area (Å²) in [4.78, 5) is 45.1. The van der Waals surface area contributed by atoms with Gasteiger partial charge in [0.25, 0.3) is 0 Å². The Labute approximate surface area is 212 Å². The molecule has 0 spiro atoms. The summed E-state index contributed by atoms with van der Waals surface area (Å²) in [6, 6.07) is 0. The number of esters is 4. The van der Waals surface area contributed by atoms with E-state index < -0.39 is 53.7 Å². The number of hydrogen-bond donors (Lipinski definition) is 1. The molecule has 0 aromatic rings. The number of ether oxygens (including phenoxy) is 5. The molecular formula is C20H35AuO9PS+3. The summed E-state index contributed by atoms with van der Waals surface area (Å²) in [6.07, 6.45) is -0.0952. The zero-order chi connectivity index (χ0) is 24.1. The second-order valence-electron chi connectivity index (χ2n) is 6.71. The van der Waals surface area contributed by atoms with Crippen LogP contribution in [0.15, 0.2) is 0 Å². The topological polar surface area (TPSA) is 114 Å². The van der Waals surface area contributed by atoms with Gasteiger partial charge in [0, 0.05) is 27.7 Å². The Kier molecular flexibility index (Phi) is 18.6. The van der Waals surface area contributed by atoms with E-state index >= 15 is 0 Å². The fourth-order valence-corrected chi connectivity index (χ4v) is 4.60. The first kappa shape index (κ1) is 33.5. The normalized spacial score (nSPS) is 24.2. The third kappa shape index (κ3) is 13.2. The van der Waals surface area contributed by atoms with Crippen molar-refractivity contribution in [3.8, 4) is 0 Å². The minimum atomic E-state index is -1.16. The predicted molar refractivity (Wildman–Crippen MR) is 119 cm³/mol. The quantitative estimate of drug-likeness (QED) is 0.136. The molecule has 1 aliphatic rings. The van der Waals surface area contributed by atoms with Crippen LogP contribution in [-0.4, -0.2) is 78.8 Å². The molecular weight excluding hydrogens is 644 g/mol. The largest absolute Gasteiger partial charge is 3.00 e. The van der Waals surface area contributed by atoms with Crippen LogP contribution in [0, 0.1) is 0 Å². The van der Waals surface area contributed by atoms with Gasteiger partial charge in [0.15, 0.2) is 18.3 Å². The van der Waals surface area contributed by atoms with Gasteiger partial charge in [0.1, 0.15) is 18.1 Å². The van der Waals surface area contributed by atoms with E-state index in [9.17, 15) is 19.2 Å². The first-order valence-electron chi connectivity index (χ1n) is 10.2. The fourth-order valence-electron chi connectivity index (χ4n) is 2.88. The van der Waals surface area contributed by atoms with E-state index in [0.29, 0.717) is 7.92 Å². The van der Waals surface area contributed by atoms with E-state index in [1.165, 1.54) is 25.4 Å². The van der Waals surface area contributed by atoms with Crippen molar-refractivity contribution in [1.29, 1.82) is 0 Å². The van der Waals surface area contributed by atoms with E-state index in [-0.39, 0.29) is 29.0 Å². The monoisotopic (exact) mass is 679 g/mol. The number of hydrogen-bond acceptors (Lipinski definition) is 10. The number of carbonyl (C=O) groups excluding carboxylic acids is 4. The van der Waals surface area contributed by atoms with Crippen LogP contribution in [0.25, 0.3) is 0 Å². The van der Waals surface area contributed by atoms with Crippen molar-refractivity contribution in [3.05, 3.63) is 0 Å². The summed E-state index contributed by atoms with van der Waals surface area (Å²) in [5, 5.41) is 0. The van der Waals surface area contributed by atoms with Crippen LogP contribution < -0.4 is 0 Å². The Bertz CT molecular complexity index is 598. The third-order valence-electron chi connectivity index (χ3n) is 4.31. The van der Waals surface area contributed by atoms with Gasteiger partial charge in [-0.1, -0.05) is 20.8 Å². The van der Waals surface area contributed by atoms with Crippen molar-refractivity contribution >= 4 is 44.4 Å². The molecule has 1 saturated heterocycles. The van der Waals surface area contributed by atoms with Crippen LogP contribution in [0.4, 0.5) is 0 Å². The third-order valence-corrected chi connectivity index (χ3v) is 7.41. The molecule has 188 valence electrons. The predicted octanol–water partition coefficient (Wildman–Crippen LogP) is 2.52. The minimum absolute atomic E-state index is 0. The van der Waals surface area contributed by atoms with Gasteiger partial charge in [-0.05, 0) is 18.5 Å². The van der Waals surface area contributed by atoms with Crippen molar-refractivity contribution in [2.24, 2.45) is 0 Å². The molecule has 0 radical (unpaired) electrons. The average Bonchev–Trinajstić information content (AvgIpc) is 2.66. The molecule has 0 aromatic heterocycles. The van der Waals surface area contributed by atoms with Gasteiger partial charge in [-0.2, -0.15) is 0 Å². The molecule has 0 bridgehead atoms. The molecule has 5 atom stereocenters. The second kappa shape index (κ2) is 17.8. The van der Waals surface area contributed by atoms with Gasteiger partial charge in [-0.25, -0.2) is 0 Å². The van der Waals surface area contributed by atoms with Gasteiger partial charge in [-0.3, -0.25) is 19.2 Å². The van der Waals surface area contributed by atoms with Gasteiger partial charge >= 0.3 is 46.3 Å². The van der Waals surface area contributed by atoms with Crippen molar-refractivity contribution in [2.75, 3.05) is 25.1 Å². The van der Waals surface area contributed by atoms with E-state index in [4.69, 9.17) is 23.7 Å². The Hall–Kier alpha value is -0.640. The fraction of sp³-hybridized carbons (Fsp3) is 0.800. The summed E-state index contributed by atoms with van der Waals surface area (Å²) in [7, 11) is 0.446. The Morgan fingerprint density at radius 1 is 0.750 bits per heavy atom. The molecule has 0 aromatic carbocycles. The van der Waals surface area contributed by atoms with Crippen LogP contribution in [0.5, 0.6) is 0 Å². The van der Waals surface area contributed by atoms with E-state index in [2.05, 4.69) is 33.4 Å². The molecule has 0 unspecified atom stereocenters. The molecule has 0 aliphatic carbocycles. The van der Waals surface area contributed by atoms with E-state index in [0.717, 1.165) is 20.8 Å². The van der Waals surface area contributed by atoms with Gasteiger partial charge in [-0.15, -0.1) is 20.6 Å². The van der Waals surface area contributed by atoms with Crippen LogP contribution in [0.3, 0.4) is 0 Å². The maximum absolute atomic E-state index is 11.4. The van der Waals surface area contributed by atoms with E-state index in [1.807, 2.05) is 0 Å². The molecule has 12 heteroatoms. The number of rotatable bonds is 8. The molecule has 1 rings (SSSR count). The number of carbonyl (C=O) groups is 4. The van der Waals surface area contributed by atoms with Crippen molar-refractivity contribution in [3.63, 3.8) is 0 Å². The zero-order valence-corrected chi connectivity index (χ0v) is 23.5. The van der Waals surface area contributed by atoms with Crippen LogP contribution in [0.2, 0.25) is 0 Å². The SMILES string of the molecule is CC(=O)OC[C@H]1O[C@@H](S)[C@H](OC(C)=O)[C@@H](OC(C)=O)[C@H]1OC(C)=O.CCP(CC)CC.[Au+3]. The van der Waals surface area contributed by atoms with Crippen molar-refractivity contribution in [2.45, 2.75) is 78.3 Å². The van der Waals surface area contributed by atoms with Crippen LogP contribution >= 0.6 is 20.6 Å². The maximum Gasteiger partial charge on any atom is 3.00 e. The van der Waals surface area contributed by atoms with Crippen molar-refractivity contribution < 1.29 is 65.2 Å². The molecule has 0 saturated carbocycles. The Morgan fingerprint density at radius 3 is 1.50 bits per heavy atom. The summed E-state index contributed by atoms with van der Waals surface area (Å²) in [6.45, 7) is 11.3. The molecule has 32 heavy (non-hydrogen) atoms. The average molecular weight is 679 g/mol. The first-order chi connectivity index (χ1) is 14.5. The van der Waals surface area contributed by atoms with Gasteiger partial charge in [0.2, 0.25) is 0 Å². The Morgan fingerprint density at radius 2 is 1.16 bits per heavy atom. The Balaban J connectivity index is 0. The maximum atomic E-state index is 11.4. The van der Waals surface area contributed by atoms with Gasteiger partial charge in [0.05, 0.1) is 0 Å². The molecule has 0 N–H and O–H groups in total. The smallest absolute Gasteiger partial charge is 0.463 e. The summed E-state index contributed by atoms with van der Waals surface area (Å²) in [5.41, 5.74) is -0.981. The summed E-state index contributed by atoms with van der Waals surface area (Å²) < 4.78 is 25.8. The molecule has 1 aliphatic heterocycles. The zero-order valence-electron chi connectivity index (χ0n) is 19.6.